The second-order valence-electron chi connectivity index (χ2n) is 9.68. The maximum atomic E-state index is 13.1. The number of aliphatic hydroxyl groups is 1. The first-order chi connectivity index (χ1) is 18.6. The Kier molecular flexibility index (Phi) is 6.98. The average Bonchev–Trinajstić information content (AvgIpc) is 3.61. The highest BCUT2D eigenvalue weighted by atomic mass is 32.2. The number of nitro groups is 1. The molecule has 2 fully saturated rings. The highest BCUT2D eigenvalue weighted by Crippen LogP contribution is 2.53. The number of hydrogen-bond donors (Lipinski definition) is 3. The third kappa shape index (κ3) is 4.69. The maximum Gasteiger partial charge on any atom is 0.410 e. The minimum atomic E-state index is -1.22. The predicted molar refractivity (Wildman–Crippen MR) is 133 cm³/mol. The Balaban J connectivity index is 1.32. The van der Waals surface area contributed by atoms with Gasteiger partial charge in [0.1, 0.15) is 12.3 Å². The Morgan fingerprint density at radius 3 is 2.64 bits per heavy atom. The number of β-lactam (4-membered cyclic amide) rings is 1. The molecule has 0 bridgehead atoms. The summed E-state index contributed by atoms with van der Waals surface area (Å²) in [6, 6.07) is 4.63. The zero-order valence-corrected chi connectivity index (χ0v) is 21.6. The van der Waals surface area contributed by atoms with Crippen LogP contribution < -0.4 is 0 Å². The Labute approximate surface area is 225 Å². The number of nitrogens with one attached hydrogen (secondary N) is 1. The van der Waals surface area contributed by atoms with E-state index in [1.54, 1.807) is 0 Å². The van der Waals surface area contributed by atoms with Gasteiger partial charge in [-0.1, -0.05) is 6.92 Å². The summed E-state index contributed by atoms with van der Waals surface area (Å²) in [4.78, 5) is 51.5. The predicted octanol–water partition coefficient (Wildman–Crippen LogP) is 1.45. The van der Waals surface area contributed by atoms with E-state index in [4.69, 9.17) is 4.74 Å². The van der Waals surface area contributed by atoms with E-state index in [1.807, 2.05) is 6.92 Å². The lowest BCUT2D eigenvalue weighted by Gasteiger charge is -2.46. The van der Waals surface area contributed by atoms with E-state index >= 15 is 0 Å². The molecular weight excluding hydrogens is 534 g/mol. The van der Waals surface area contributed by atoms with Gasteiger partial charge in [0.2, 0.25) is 5.91 Å². The molecule has 3 aliphatic heterocycles. The molecule has 206 valence electrons. The number of carbonyl (C=O) groups excluding carboxylic acids is 2. The number of aromatic amines is 1. The normalized spacial score (nSPS) is 26.8. The zero-order valence-electron chi connectivity index (χ0n) is 20.8. The molecule has 2 aromatic rings. The molecular formula is C23H25N7O8S. The Hall–Kier alpha value is -4.05. The summed E-state index contributed by atoms with van der Waals surface area (Å²) in [5.74, 6) is -2.28. The highest BCUT2D eigenvalue weighted by Gasteiger charge is 2.60. The molecule has 3 aliphatic rings. The number of aromatic nitrogens is 4. The molecule has 0 aliphatic carbocycles. The number of benzene rings is 1. The largest absolute Gasteiger partial charge is 0.477 e. The van der Waals surface area contributed by atoms with Gasteiger partial charge in [0.25, 0.3) is 5.69 Å². The van der Waals surface area contributed by atoms with Crippen LogP contribution in [0, 0.1) is 22.0 Å². The van der Waals surface area contributed by atoms with Gasteiger partial charge >= 0.3 is 12.1 Å². The number of ether oxygens (including phenoxy) is 1. The highest BCUT2D eigenvalue weighted by molar-refractivity contribution is 8.03. The van der Waals surface area contributed by atoms with E-state index in [0.29, 0.717) is 22.7 Å². The van der Waals surface area contributed by atoms with Crippen LogP contribution in [0.4, 0.5) is 10.5 Å². The number of non-ortho nitro benzene ring substituents is 1. The van der Waals surface area contributed by atoms with Crippen LogP contribution in [0.2, 0.25) is 0 Å². The van der Waals surface area contributed by atoms with Gasteiger partial charge in [0, 0.05) is 34.8 Å². The van der Waals surface area contributed by atoms with E-state index < -0.39 is 47.0 Å². The van der Waals surface area contributed by atoms with Gasteiger partial charge in [-0.3, -0.25) is 19.8 Å². The van der Waals surface area contributed by atoms with Crippen molar-refractivity contribution in [3.8, 4) is 0 Å². The number of aliphatic hydroxyl groups excluding tert-OH is 1. The van der Waals surface area contributed by atoms with Crippen molar-refractivity contribution in [3.63, 3.8) is 0 Å². The first-order valence-electron chi connectivity index (χ1n) is 12.1. The van der Waals surface area contributed by atoms with E-state index in [1.165, 1.54) is 52.8 Å². The monoisotopic (exact) mass is 559 g/mol. The minimum Gasteiger partial charge on any atom is -0.477 e. The number of carboxylic acids is 1. The SMILES string of the molecule is C[C@@H](O)[C@H]1C(=O)N2C(C(=O)O)=C(S[C@H]3C[C@@H](c4nnn[nH]4)N(C(=O)OCc4ccc([N+](=O)[O-])cc4)C3)[C@H](C)[C@H]12. The third-order valence-corrected chi connectivity index (χ3v) is 8.78. The van der Waals surface area contributed by atoms with Gasteiger partial charge < -0.3 is 19.8 Å². The number of likely N-dealkylation sites (tertiary alicyclic amines) is 1. The lowest BCUT2D eigenvalue weighted by molar-refractivity contribution is -0.384. The van der Waals surface area contributed by atoms with Crippen molar-refractivity contribution in [1.82, 2.24) is 30.4 Å². The molecule has 3 N–H and O–H groups in total. The number of carboxylic acid groups (broad SMARTS) is 1. The summed E-state index contributed by atoms with van der Waals surface area (Å²) in [5.41, 5.74) is 0.399. The summed E-state index contributed by atoms with van der Waals surface area (Å²) >= 11 is 1.29. The Bertz CT molecular complexity index is 1330. The maximum absolute atomic E-state index is 13.1. The Morgan fingerprint density at radius 2 is 2.05 bits per heavy atom. The summed E-state index contributed by atoms with van der Waals surface area (Å²) in [7, 11) is 0. The van der Waals surface area contributed by atoms with Crippen molar-refractivity contribution in [2.24, 2.45) is 11.8 Å². The summed E-state index contributed by atoms with van der Waals surface area (Å²) in [6.45, 7) is 3.43. The zero-order chi connectivity index (χ0) is 28.0. The van der Waals surface area contributed by atoms with Gasteiger partial charge in [-0.15, -0.1) is 16.9 Å². The van der Waals surface area contributed by atoms with Crippen LogP contribution in [-0.2, 0) is 20.9 Å². The number of nitro benzene ring substituents is 1. The fraction of sp³-hybridized carbons (Fsp3) is 0.478. The van der Waals surface area contributed by atoms with Gasteiger partial charge in [0.05, 0.1) is 29.0 Å². The van der Waals surface area contributed by atoms with Gasteiger partial charge in [-0.05, 0) is 41.5 Å². The molecule has 0 saturated carbocycles. The lowest BCUT2D eigenvalue weighted by Crippen LogP contribution is -2.63. The molecule has 39 heavy (non-hydrogen) atoms. The van der Waals surface area contributed by atoms with Gasteiger partial charge in [-0.25, -0.2) is 14.7 Å². The molecule has 1 aromatic heterocycles. The van der Waals surface area contributed by atoms with Crippen LogP contribution >= 0.6 is 11.8 Å². The fourth-order valence-corrected chi connectivity index (χ4v) is 6.98. The molecule has 4 heterocycles. The van der Waals surface area contributed by atoms with Crippen LogP contribution in [0.1, 0.15) is 37.7 Å². The van der Waals surface area contributed by atoms with Gasteiger partial charge in [-0.2, -0.15) is 0 Å². The standard InChI is InChI=1S/C23H25N7O8S/c1-10-17-16(11(2)31)21(32)29(17)18(22(33)34)19(10)39-14-7-15(20-24-26-27-25-20)28(8-14)23(35)38-9-12-3-5-13(6-4-12)30(36)37/h3-6,10-11,14-17,31H,7-9H2,1-2H3,(H,33,34)(H,24,25,26,27)/t10-,11-,14+,15+,16-,17-/m1/s1. The van der Waals surface area contributed by atoms with Crippen molar-refractivity contribution >= 4 is 35.4 Å². The van der Waals surface area contributed by atoms with Crippen molar-refractivity contribution in [2.75, 3.05) is 6.54 Å². The number of rotatable bonds is 8. The molecule has 6 atom stereocenters. The number of tetrazole rings is 1. The van der Waals surface area contributed by atoms with Crippen LogP contribution in [-0.4, -0.2) is 87.5 Å². The number of hydrogen-bond acceptors (Lipinski definition) is 11. The summed E-state index contributed by atoms with van der Waals surface area (Å²) < 4.78 is 5.48. The van der Waals surface area contributed by atoms with Crippen molar-refractivity contribution in [3.05, 3.63) is 56.4 Å². The Morgan fingerprint density at radius 1 is 1.33 bits per heavy atom. The van der Waals surface area contributed by atoms with Crippen LogP contribution in [0.5, 0.6) is 0 Å². The molecule has 5 rings (SSSR count). The summed E-state index contributed by atoms with van der Waals surface area (Å²) in [5, 5.41) is 44.4. The number of thioether (sulfide) groups is 1. The number of nitrogens with zero attached hydrogens (tertiary/aromatic N) is 6. The molecule has 15 nitrogen and oxygen atoms in total. The van der Waals surface area contributed by atoms with Crippen LogP contribution in [0.15, 0.2) is 34.9 Å². The van der Waals surface area contributed by atoms with Crippen molar-refractivity contribution in [1.29, 1.82) is 0 Å². The van der Waals surface area contributed by atoms with Crippen molar-refractivity contribution in [2.45, 2.75) is 50.3 Å². The molecule has 0 unspecified atom stereocenters. The third-order valence-electron chi connectivity index (χ3n) is 7.29. The fourth-order valence-electron chi connectivity index (χ4n) is 5.45. The first kappa shape index (κ1) is 26.6. The molecule has 2 saturated heterocycles. The topological polar surface area (TPSA) is 205 Å². The van der Waals surface area contributed by atoms with Crippen LogP contribution in [0.25, 0.3) is 0 Å². The number of fused-ring (bicyclic) bond motifs is 1. The molecule has 0 spiro atoms. The molecule has 1 aromatic carbocycles. The second kappa shape index (κ2) is 10.3. The van der Waals surface area contributed by atoms with Gasteiger partial charge in [0.15, 0.2) is 5.82 Å². The van der Waals surface area contributed by atoms with E-state index in [2.05, 4.69) is 20.6 Å². The number of amides is 2. The quantitative estimate of drug-likeness (QED) is 0.239. The minimum absolute atomic E-state index is 0.0789. The average molecular weight is 560 g/mol. The number of H-pyrrole nitrogens is 1. The lowest BCUT2D eigenvalue weighted by atomic mass is 9.79. The summed E-state index contributed by atoms with van der Waals surface area (Å²) in [6.07, 6.45) is -1.18. The number of aliphatic carboxylic acids is 1. The molecule has 2 amide bonds. The van der Waals surface area contributed by atoms with E-state index in [9.17, 15) is 34.7 Å². The first-order valence-corrected chi connectivity index (χ1v) is 13.0. The van der Waals surface area contributed by atoms with Crippen LogP contribution in [0.3, 0.4) is 0 Å². The number of carbonyl (C=O) groups is 3. The van der Waals surface area contributed by atoms with E-state index in [-0.39, 0.29) is 35.7 Å². The van der Waals surface area contributed by atoms with E-state index in [0.717, 1.165) is 0 Å². The molecule has 16 heteroatoms. The smallest absolute Gasteiger partial charge is 0.410 e. The van der Waals surface area contributed by atoms with Crippen molar-refractivity contribution < 1.29 is 34.3 Å². The second-order valence-corrected chi connectivity index (χ2v) is 11.0. The molecule has 0 radical (unpaired) electrons.